The van der Waals surface area contributed by atoms with Gasteiger partial charge in [0, 0.05) is 19.6 Å². The van der Waals surface area contributed by atoms with Crippen molar-refractivity contribution in [3.63, 3.8) is 0 Å². The first-order valence-corrected chi connectivity index (χ1v) is 7.55. The minimum absolute atomic E-state index is 0.287. The van der Waals surface area contributed by atoms with Crippen LogP contribution in [-0.4, -0.2) is 29.9 Å². The Kier molecular flexibility index (Phi) is 4.45. The largest absolute Gasteiger partial charge is 0.381 e. The Balaban J connectivity index is 1.58. The topological polar surface area (TPSA) is 60.2 Å². The van der Waals surface area contributed by atoms with E-state index < -0.39 is 0 Å². The molecule has 3 rings (SSSR count). The van der Waals surface area contributed by atoms with Crippen LogP contribution in [0.2, 0.25) is 0 Å². The van der Waals surface area contributed by atoms with Gasteiger partial charge in [0.05, 0.1) is 6.04 Å². The van der Waals surface area contributed by atoms with E-state index >= 15 is 0 Å². The summed E-state index contributed by atoms with van der Waals surface area (Å²) in [5, 5.41) is 7.68. The highest BCUT2D eigenvalue weighted by Crippen LogP contribution is 2.23. The van der Waals surface area contributed by atoms with Crippen molar-refractivity contribution in [3.05, 3.63) is 11.7 Å². The predicted molar refractivity (Wildman–Crippen MR) is 70.8 cm³/mol. The maximum Gasteiger partial charge on any atom is 0.226 e. The van der Waals surface area contributed by atoms with Crippen molar-refractivity contribution in [2.45, 2.75) is 51.0 Å². The Bertz CT molecular complexity index is 380. The van der Waals surface area contributed by atoms with Gasteiger partial charge in [0.2, 0.25) is 5.89 Å². The van der Waals surface area contributed by atoms with Gasteiger partial charge in [0.1, 0.15) is 0 Å². The molecule has 3 heterocycles. The van der Waals surface area contributed by atoms with Crippen molar-refractivity contribution in [2.24, 2.45) is 5.92 Å². The molecule has 5 nitrogen and oxygen atoms in total. The molecule has 2 saturated heterocycles. The van der Waals surface area contributed by atoms with Crippen LogP contribution in [-0.2, 0) is 11.2 Å². The summed E-state index contributed by atoms with van der Waals surface area (Å²) in [6, 6.07) is 0.287. The number of rotatable bonds is 3. The smallest absolute Gasteiger partial charge is 0.226 e. The number of aromatic nitrogens is 2. The molecular weight excluding hydrogens is 242 g/mol. The van der Waals surface area contributed by atoms with Crippen LogP contribution < -0.4 is 5.32 Å². The molecule has 2 fully saturated rings. The molecule has 0 aromatic carbocycles. The fourth-order valence-corrected chi connectivity index (χ4v) is 2.94. The zero-order valence-electron chi connectivity index (χ0n) is 11.4. The number of nitrogens with one attached hydrogen (secondary N) is 1. The second-order valence-corrected chi connectivity index (χ2v) is 5.66. The molecular formula is C14H23N3O2. The number of ether oxygens (including phenoxy) is 1. The van der Waals surface area contributed by atoms with Crippen molar-refractivity contribution >= 4 is 0 Å². The van der Waals surface area contributed by atoms with E-state index in [4.69, 9.17) is 9.26 Å². The number of hydrogen-bond donors (Lipinski definition) is 1. The quantitative estimate of drug-likeness (QED) is 0.908. The second kappa shape index (κ2) is 6.48. The lowest BCUT2D eigenvalue weighted by Crippen LogP contribution is -2.21. The van der Waals surface area contributed by atoms with Crippen molar-refractivity contribution in [1.82, 2.24) is 15.5 Å². The third-order valence-corrected chi connectivity index (χ3v) is 4.16. The Hall–Kier alpha value is -0.940. The van der Waals surface area contributed by atoms with E-state index in [2.05, 4.69) is 15.5 Å². The zero-order valence-corrected chi connectivity index (χ0v) is 11.4. The van der Waals surface area contributed by atoms with E-state index in [0.717, 1.165) is 57.2 Å². The summed E-state index contributed by atoms with van der Waals surface area (Å²) >= 11 is 0. The van der Waals surface area contributed by atoms with Gasteiger partial charge >= 0.3 is 0 Å². The molecule has 0 aliphatic carbocycles. The maximum absolute atomic E-state index is 5.42. The first kappa shape index (κ1) is 13.1. The highest BCUT2D eigenvalue weighted by molar-refractivity contribution is 4.96. The van der Waals surface area contributed by atoms with Gasteiger partial charge < -0.3 is 14.6 Å². The Labute approximate surface area is 114 Å². The number of nitrogens with zero attached hydrogens (tertiary/aromatic N) is 2. The van der Waals surface area contributed by atoms with Gasteiger partial charge in [0.15, 0.2) is 5.82 Å². The molecule has 1 aromatic heterocycles. The average Bonchev–Trinajstić information content (AvgIpc) is 2.74. The van der Waals surface area contributed by atoms with Crippen molar-refractivity contribution in [1.29, 1.82) is 0 Å². The Morgan fingerprint density at radius 3 is 2.89 bits per heavy atom. The van der Waals surface area contributed by atoms with E-state index in [1.807, 2.05) is 0 Å². The monoisotopic (exact) mass is 265 g/mol. The van der Waals surface area contributed by atoms with Crippen LogP contribution in [0.3, 0.4) is 0 Å². The fourth-order valence-electron chi connectivity index (χ4n) is 2.94. The minimum atomic E-state index is 0.287. The van der Waals surface area contributed by atoms with Gasteiger partial charge in [-0.25, -0.2) is 0 Å². The van der Waals surface area contributed by atoms with E-state index in [0.29, 0.717) is 5.92 Å². The maximum atomic E-state index is 5.42. The summed E-state index contributed by atoms with van der Waals surface area (Å²) in [7, 11) is 0. The molecule has 5 heteroatoms. The predicted octanol–water partition coefficient (Wildman–Crippen LogP) is 2.24. The summed E-state index contributed by atoms with van der Waals surface area (Å²) in [5.41, 5.74) is 0. The molecule has 0 radical (unpaired) electrons. The zero-order chi connectivity index (χ0) is 12.9. The van der Waals surface area contributed by atoms with E-state index in [1.54, 1.807) is 0 Å². The molecule has 0 saturated carbocycles. The van der Waals surface area contributed by atoms with Gasteiger partial charge in [-0.2, -0.15) is 4.98 Å². The van der Waals surface area contributed by atoms with Crippen LogP contribution in [0.15, 0.2) is 4.52 Å². The molecule has 106 valence electrons. The first-order chi connectivity index (χ1) is 9.42. The van der Waals surface area contributed by atoms with Crippen LogP contribution in [0.5, 0.6) is 0 Å². The van der Waals surface area contributed by atoms with Gasteiger partial charge in [-0.3, -0.25) is 0 Å². The molecule has 1 aromatic rings. The number of hydrogen-bond acceptors (Lipinski definition) is 5. The normalized spacial score (nSPS) is 26.2. The summed E-state index contributed by atoms with van der Waals surface area (Å²) in [4.78, 5) is 4.59. The van der Waals surface area contributed by atoms with E-state index in [1.165, 1.54) is 19.3 Å². The SMILES string of the molecule is C1CCNC(c2noc(CC3CCOCC3)n2)CC1. The summed E-state index contributed by atoms with van der Waals surface area (Å²) < 4.78 is 10.8. The summed E-state index contributed by atoms with van der Waals surface area (Å²) in [6.07, 6.45) is 8.05. The van der Waals surface area contributed by atoms with E-state index in [-0.39, 0.29) is 6.04 Å². The van der Waals surface area contributed by atoms with Crippen molar-refractivity contribution < 1.29 is 9.26 Å². The third kappa shape index (κ3) is 3.54. The van der Waals surface area contributed by atoms with Crippen LogP contribution in [0, 0.1) is 5.92 Å². The molecule has 19 heavy (non-hydrogen) atoms. The lowest BCUT2D eigenvalue weighted by Gasteiger charge is -2.20. The third-order valence-electron chi connectivity index (χ3n) is 4.16. The molecule has 2 aliphatic heterocycles. The Morgan fingerprint density at radius 2 is 2.00 bits per heavy atom. The molecule has 1 atom stereocenters. The molecule has 0 spiro atoms. The molecule has 0 bridgehead atoms. The summed E-state index contributed by atoms with van der Waals surface area (Å²) in [5.74, 6) is 2.29. The van der Waals surface area contributed by atoms with Crippen molar-refractivity contribution in [2.75, 3.05) is 19.8 Å². The Morgan fingerprint density at radius 1 is 1.11 bits per heavy atom. The minimum Gasteiger partial charge on any atom is -0.381 e. The van der Waals surface area contributed by atoms with Crippen LogP contribution in [0.4, 0.5) is 0 Å². The van der Waals surface area contributed by atoms with Crippen LogP contribution in [0.1, 0.15) is 56.3 Å². The lowest BCUT2D eigenvalue weighted by atomic mass is 9.97. The molecule has 1 N–H and O–H groups in total. The highest BCUT2D eigenvalue weighted by Gasteiger charge is 2.22. The molecule has 1 unspecified atom stereocenters. The average molecular weight is 265 g/mol. The lowest BCUT2D eigenvalue weighted by molar-refractivity contribution is 0.0642. The molecule has 0 amide bonds. The fraction of sp³-hybridized carbons (Fsp3) is 0.857. The van der Waals surface area contributed by atoms with Gasteiger partial charge in [-0.05, 0) is 38.1 Å². The standard InChI is InChI=1S/C14H23N3O2/c1-2-4-12(15-7-3-1)14-16-13(19-17-14)10-11-5-8-18-9-6-11/h11-12,15H,1-10H2. The second-order valence-electron chi connectivity index (χ2n) is 5.66. The van der Waals surface area contributed by atoms with Crippen LogP contribution >= 0.6 is 0 Å². The van der Waals surface area contributed by atoms with Gasteiger partial charge in [-0.15, -0.1) is 0 Å². The summed E-state index contributed by atoms with van der Waals surface area (Å²) in [6.45, 7) is 2.81. The van der Waals surface area contributed by atoms with Gasteiger partial charge in [-0.1, -0.05) is 18.0 Å². The van der Waals surface area contributed by atoms with Crippen molar-refractivity contribution in [3.8, 4) is 0 Å². The highest BCUT2D eigenvalue weighted by atomic mass is 16.5. The first-order valence-electron chi connectivity index (χ1n) is 7.55. The molecule has 2 aliphatic rings. The van der Waals surface area contributed by atoms with Crippen LogP contribution in [0.25, 0.3) is 0 Å². The van der Waals surface area contributed by atoms with E-state index in [9.17, 15) is 0 Å². The van der Waals surface area contributed by atoms with Gasteiger partial charge in [0.25, 0.3) is 0 Å².